The summed E-state index contributed by atoms with van der Waals surface area (Å²) in [5, 5.41) is 8.84. The highest BCUT2D eigenvalue weighted by atomic mass is 16.5. The number of ether oxygens (including phenoxy) is 1. The van der Waals surface area contributed by atoms with E-state index in [2.05, 4.69) is 32.2 Å². The van der Waals surface area contributed by atoms with Gasteiger partial charge in [0.15, 0.2) is 0 Å². The Kier molecular flexibility index (Phi) is 5.33. The summed E-state index contributed by atoms with van der Waals surface area (Å²) in [5.74, 6) is 0.657. The normalized spacial score (nSPS) is 23.3. The molecule has 2 aromatic rings. The maximum atomic E-state index is 12.6. The summed E-state index contributed by atoms with van der Waals surface area (Å²) in [6, 6.07) is 10.3. The summed E-state index contributed by atoms with van der Waals surface area (Å²) in [5.41, 5.74) is 3.27. The highest BCUT2D eigenvalue weighted by molar-refractivity contribution is 5.79. The molecule has 0 bridgehead atoms. The molecule has 1 amide bonds. The van der Waals surface area contributed by atoms with Gasteiger partial charge in [-0.05, 0) is 18.4 Å². The molecule has 29 heavy (non-hydrogen) atoms. The summed E-state index contributed by atoms with van der Waals surface area (Å²) in [7, 11) is 0. The lowest BCUT2D eigenvalue weighted by Gasteiger charge is -2.35. The molecule has 3 aliphatic rings. The van der Waals surface area contributed by atoms with Crippen LogP contribution in [0.2, 0.25) is 0 Å². The van der Waals surface area contributed by atoms with Gasteiger partial charge in [0, 0.05) is 38.6 Å². The maximum absolute atomic E-state index is 12.6. The molecular weight excluding hydrogens is 366 g/mol. The second-order valence-electron chi connectivity index (χ2n) is 8.46. The van der Waals surface area contributed by atoms with Crippen molar-refractivity contribution in [2.45, 2.75) is 51.5 Å². The number of amides is 1. The third kappa shape index (κ3) is 3.94. The molecular formula is C22H29N5O2. The Morgan fingerprint density at radius 3 is 2.59 bits per heavy atom. The number of fused-ring (bicyclic) bond motifs is 1. The maximum Gasteiger partial charge on any atom is 0.225 e. The van der Waals surface area contributed by atoms with Crippen molar-refractivity contribution >= 4 is 5.91 Å². The predicted molar refractivity (Wildman–Crippen MR) is 108 cm³/mol. The van der Waals surface area contributed by atoms with Crippen LogP contribution in [-0.2, 0) is 29.2 Å². The third-order valence-electron chi connectivity index (χ3n) is 6.61. The van der Waals surface area contributed by atoms with E-state index in [4.69, 9.17) is 4.74 Å². The molecule has 0 spiro atoms. The Morgan fingerprint density at radius 1 is 1.07 bits per heavy atom. The van der Waals surface area contributed by atoms with Gasteiger partial charge < -0.3 is 9.64 Å². The number of benzene rings is 1. The van der Waals surface area contributed by atoms with E-state index in [9.17, 15) is 4.79 Å². The van der Waals surface area contributed by atoms with Gasteiger partial charge in [0.25, 0.3) is 0 Å². The Bertz CT molecular complexity index is 838. The fourth-order valence-corrected chi connectivity index (χ4v) is 4.82. The van der Waals surface area contributed by atoms with Crippen molar-refractivity contribution in [2.24, 2.45) is 5.92 Å². The van der Waals surface area contributed by atoms with Gasteiger partial charge in [0.2, 0.25) is 5.91 Å². The zero-order chi connectivity index (χ0) is 19.6. The van der Waals surface area contributed by atoms with Gasteiger partial charge in [-0.15, -0.1) is 5.10 Å². The number of hydrogen-bond acceptors (Lipinski definition) is 5. The van der Waals surface area contributed by atoms with E-state index >= 15 is 0 Å². The van der Waals surface area contributed by atoms with E-state index < -0.39 is 0 Å². The predicted octanol–water partition coefficient (Wildman–Crippen LogP) is 2.38. The van der Waals surface area contributed by atoms with Crippen LogP contribution in [0.5, 0.6) is 0 Å². The summed E-state index contributed by atoms with van der Waals surface area (Å²) < 4.78 is 8.11. The van der Waals surface area contributed by atoms with Crippen molar-refractivity contribution in [1.82, 2.24) is 24.8 Å². The molecule has 3 heterocycles. The van der Waals surface area contributed by atoms with Crippen molar-refractivity contribution in [3.63, 3.8) is 0 Å². The van der Waals surface area contributed by atoms with E-state index in [1.165, 1.54) is 18.4 Å². The van der Waals surface area contributed by atoms with Gasteiger partial charge in [0.05, 0.1) is 18.8 Å². The van der Waals surface area contributed by atoms with Crippen LogP contribution in [0.15, 0.2) is 30.3 Å². The summed E-state index contributed by atoms with van der Waals surface area (Å²) >= 11 is 0. The molecule has 1 atom stereocenters. The van der Waals surface area contributed by atoms with Gasteiger partial charge >= 0.3 is 0 Å². The Hall–Kier alpha value is -2.25. The van der Waals surface area contributed by atoms with Crippen molar-refractivity contribution in [3.8, 4) is 0 Å². The lowest BCUT2D eigenvalue weighted by atomic mass is 10.1. The average Bonchev–Trinajstić information content (AvgIpc) is 3.45. The van der Waals surface area contributed by atoms with Gasteiger partial charge in [-0.2, -0.15) is 0 Å². The second-order valence-corrected chi connectivity index (χ2v) is 8.46. The average molecular weight is 396 g/mol. The molecule has 1 aromatic carbocycles. The lowest BCUT2D eigenvalue weighted by molar-refractivity contribution is -0.137. The molecule has 2 aliphatic heterocycles. The monoisotopic (exact) mass is 395 g/mol. The highest BCUT2D eigenvalue weighted by Crippen LogP contribution is 2.28. The first-order chi connectivity index (χ1) is 14.3. The van der Waals surface area contributed by atoms with Crippen LogP contribution in [0, 0.1) is 5.92 Å². The topological polar surface area (TPSA) is 63.5 Å². The summed E-state index contributed by atoms with van der Waals surface area (Å²) in [6.45, 7) is 5.48. The third-order valence-corrected chi connectivity index (χ3v) is 6.61. The number of rotatable bonds is 4. The molecule has 2 fully saturated rings. The minimum atomic E-state index is 0.0309. The molecule has 1 saturated heterocycles. The minimum absolute atomic E-state index is 0.0309. The summed E-state index contributed by atoms with van der Waals surface area (Å²) in [4.78, 5) is 17.1. The first-order valence-electron chi connectivity index (χ1n) is 10.9. The molecule has 1 saturated carbocycles. The molecule has 0 radical (unpaired) electrons. The molecule has 5 rings (SSSR count). The number of hydrogen-bond donors (Lipinski definition) is 0. The number of aromatic nitrogens is 3. The van der Waals surface area contributed by atoms with Crippen molar-refractivity contribution < 1.29 is 9.53 Å². The Balaban J connectivity index is 1.17. The fourth-order valence-electron chi connectivity index (χ4n) is 4.82. The zero-order valence-electron chi connectivity index (χ0n) is 16.9. The first kappa shape index (κ1) is 18.8. The van der Waals surface area contributed by atoms with Crippen molar-refractivity contribution in [3.05, 3.63) is 47.3 Å². The van der Waals surface area contributed by atoms with E-state index in [-0.39, 0.29) is 12.0 Å². The minimum Gasteiger partial charge on any atom is -0.365 e. The SMILES string of the molecule is O=C(C1CCCC1)N1CCN(Cc2nnn3c2CO[C@H](c2ccccc2)C3)CC1. The van der Waals surface area contributed by atoms with Crippen LogP contribution >= 0.6 is 0 Å². The first-order valence-corrected chi connectivity index (χ1v) is 10.9. The van der Waals surface area contributed by atoms with Crippen molar-refractivity contribution in [2.75, 3.05) is 26.2 Å². The van der Waals surface area contributed by atoms with Gasteiger partial charge in [-0.25, -0.2) is 4.68 Å². The molecule has 7 heteroatoms. The fraction of sp³-hybridized carbons (Fsp3) is 0.591. The van der Waals surface area contributed by atoms with Crippen LogP contribution < -0.4 is 0 Å². The standard InChI is InChI=1S/C22H29N5O2/c28-22(18-8-4-5-9-18)26-12-10-25(11-13-26)14-19-20-16-29-21(15-27(20)24-23-19)17-6-2-1-3-7-17/h1-3,6-7,18,21H,4-5,8-16H2/t21-/m0/s1. The number of nitrogens with zero attached hydrogens (tertiary/aromatic N) is 5. The zero-order valence-corrected chi connectivity index (χ0v) is 16.9. The Labute approximate surface area is 171 Å². The smallest absolute Gasteiger partial charge is 0.225 e. The van der Waals surface area contributed by atoms with Crippen molar-refractivity contribution in [1.29, 1.82) is 0 Å². The molecule has 1 aliphatic carbocycles. The number of piperazine rings is 1. The van der Waals surface area contributed by atoms with Gasteiger partial charge in [-0.1, -0.05) is 48.4 Å². The van der Waals surface area contributed by atoms with E-state index in [1.54, 1.807) is 0 Å². The number of carbonyl (C=O) groups excluding carboxylic acids is 1. The molecule has 154 valence electrons. The van der Waals surface area contributed by atoms with E-state index in [0.717, 1.165) is 57.0 Å². The summed E-state index contributed by atoms with van der Waals surface area (Å²) in [6.07, 6.45) is 4.61. The molecule has 7 nitrogen and oxygen atoms in total. The highest BCUT2D eigenvalue weighted by Gasteiger charge is 2.30. The molecule has 0 unspecified atom stereocenters. The molecule has 0 N–H and O–H groups in total. The van der Waals surface area contributed by atoms with E-state index in [0.29, 0.717) is 19.1 Å². The van der Waals surface area contributed by atoms with Gasteiger partial charge in [-0.3, -0.25) is 9.69 Å². The van der Waals surface area contributed by atoms with Crippen LogP contribution in [0.25, 0.3) is 0 Å². The van der Waals surface area contributed by atoms with Crippen LogP contribution in [0.1, 0.15) is 48.7 Å². The van der Waals surface area contributed by atoms with Gasteiger partial charge in [0.1, 0.15) is 11.8 Å². The van der Waals surface area contributed by atoms with E-state index in [1.807, 2.05) is 22.9 Å². The van der Waals surface area contributed by atoms with Crippen LogP contribution in [-0.4, -0.2) is 56.9 Å². The van der Waals surface area contributed by atoms with Crippen LogP contribution in [0.4, 0.5) is 0 Å². The lowest BCUT2D eigenvalue weighted by Crippen LogP contribution is -2.49. The van der Waals surface area contributed by atoms with Crippen LogP contribution in [0.3, 0.4) is 0 Å². The quantitative estimate of drug-likeness (QED) is 0.795. The second kappa shape index (κ2) is 8.24. The largest absolute Gasteiger partial charge is 0.365 e. The number of carbonyl (C=O) groups is 1. The molecule has 1 aromatic heterocycles. The Morgan fingerprint density at radius 2 is 1.83 bits per heavy atom.